The fraction of sp³-hybridized carbons (Fsp3) is 0.111. The summed E-state index contributed by atoms with van der Waals surface area (Å²) in [7, 11) is -4.13. The molecule has 0 bridgehead atoms. The molecule has 0 unspecified atom stereocenters. The SMILES string of the molecule is Cc1ccc(C)cc1.O=S(=O)(O)c1cccc2ccccc12. The van der Waals surface area contributed by atoms with Gasteiger partial charge in [-0.1, -0.05) is 71.8 Å². The van der Waals surface area contributed by atoms with Gasteiger partial charge in [0.15, 0.2) is 0 Å². The maximum absolute atomic E-state index is 11.0. The first-order valence-electron chi connectivity index (χ1n) is 6.86. The zero-order valence-corrected chi connectivity index (χ0v) is 13.3. The van der Waals surface area contributed by atoms with Crippen LogP contribution in [0.2, 0.25) is 0 Å². The smallest absolute Gasteiger partial charge is 0.282 e. The molecule has 114 valence electrons. The molecule has 0 amide bonds. The first kappa shape index (κ1) is 16.2. The van der Waals surface area contributed by atoms with Crippen LogP contribution in [0.25, 0.3) is 10.8 Å². The van der Waals surface area contributed by atoms with Crippen molar-refractivity contribution in [1.29, 1.82) is 0 Å². The zero-order valence-electron chi connectivity index (χ0n) is 12.5. The summed E-state index contributed by atoms with van der Waals surface area (Å²) >= 11 is 0. The topological polar surface area (TPSA) is 54.4 Å². The molecular weight excluding hydrogens is 296 g/mol. The highest BCUT2D eigenvalue weighted by Gasteiger charge is 2.12. The summed E-state index contributed by atoms with van der Waals surface area (Å²) in [6.45, 7) is 4.19. The van der Waals surface area contributed by atoms with E-state index < -0.39 is 10.1 Å². The Morgan fingerprint density at radius 3 is 1.77 bits per heavy atom. The number of aryl methyl sites for hydroxylation is 2. The lowest BCUT2D eigenvalue weighted by molar-refractivity contribution is 0.484. The lowest BCUT2D eigenvalue weighted by Gasteiger charge is -2.02. The lowest BCUT2D eigenvalue weighted by atomic mass is 10.1. The maximum atomic E-state index is 11.0. The summed E-state index contributed by atoms with van der Waals surface area (Å²) in [6, 6.07) is 20.3. The predicted octanol–water partition coefficient (Wildman–Crippen LogP) is 4.39. The van der Waals surface area contributed by atoms with E-state index in [0.29, 0.717) is 5.39 Å². The van der Waals surface area contributed by atoms with Gasteiger partial charge in [-0.15, -0.1) is 0 Å². The molecule has 0 aliphatic rings. The van der Waals surface area contributed by atoms with Crippen molar-refractivity contribution in [3.63, 3.8) is 0 Å². The third-order valence-corrected chi connectivity index (χ3v) is 4.16. The van der Waals surface area contributed by atoms with Gasteiger partial charge in [-0.3, -0.25) is 4.55 Å². The summed E-state index contributed by atoms with van der Waals surface area (Å²) in [5, 5.41) is 1.33. The Morgan fingerprint density at radius 2 is 1.23 bits per heavy atom. The Hall–Kier alpha value is -2.17. The zero-order chi connectivity index (χ0) is 16.2. The maximum Gasteiger partial charge on any atom is 0.295 e. The van der Waals surface area contributed by atoms with E-state index in [-0.39, 0.29) is 4.90 Å². The number of hydrogen-bond donors (Lipinski definition) is 1. The van der Waals surface area contributed by atoms with Gasteiger partial charge >= 0.3 is 0 Å². The average Bonchev–Trinajstić information content (AvgIpc) is 2.49. The largest absolute Gasteiger partial charge is 0.295 e. The van der Waals surface area contributed by atoms with Crippen molar-refractivity contribution in [2.75, 3.05) is 0 Å². The van der Waals surface area contributed by atoms with E-state index in [1.807, 2.05) is 6.07 Å². The molecule has 0 atom stereocenters. The second-order valence-corrected chi connectivity index (χ2v) is 6.50. The number of rotatable bonds is 1. The molecular formula is C18H18O3S. The molecule has 1 N–H and O–H groups in total. The van der Waals surface area contributed by atoms with Gasteiger partial charge in [0.05, 0.1) is 0 Å². The highest BCUT2D eigenvalue weighted by Crippen LogP contribution is 2.21. The molecule has 22 heavy (non-hydrogen) atoms. The highest BCUT2D eigenvalue weighted by atomic mass is 32.2. The molecule has 0 saturated heterocycles. The predicted molar refractivity (Wildman–Crippen MR) is 89.7 cm³/mol. The van der Waals surface area contributed by atoms with Crippen LogP contribution in [0.4, 0.5) is 0 Å². The average molecular weight is 314 g/mol. The Kier molecular flexibility index (Phi) is 4.96. The molecule has 0 heterocycles. The molecule has 0 aliphatic heterocycles. The quantitative estimate of drug-likeness (QED) is 0.678. The molecule has 0 aliphatic carbocycles. The van der Waals surface area contributed by atoms with Crippen LogP contribution in [0.3, 0.4) is 0 Å². The summed E-state index contributed by atoms with van der Waals surface area (Å²) in [4.78, 5) is -0.0457. The molecule has 0 fully saturated rings. The van der Waals surface area contributed by atoms with Gasteiger partial charge in [0, 0.05) is 5.39 Å². The van der Waals surface area contributed by atoms with Gasteiger partial charge in [-0.05, 0) is 25.3 Å². The first-order valence-corrected chi connectivity index (χ1v) is 8.30. The summed E-state index contributed by atoms with van der Waals surface area (Å²) in [5.41, 5.74) is 2.66. The molecule has 3 aromatic rings. The first-order chi connectivity index (χ1) is 10.4. The van der Waals surface area contributed by atoms with Crippen LogP contribution >= 0.6 is 0 Å². The summed E-state index contributed by atoms with van der Waals surface area (Å²) < 4.78 is 31.0. The van der Waals surface area contributed by atoms with E-state index in [4.69, 9.17) is 4.55 Å². The third kappa shape index (κ3) is 4.16. The molecule has 3 aromatic carbocycles. The van der Waals surface area contributed by atoms with Crippen molar-refractivity contribution in [3.8, 4) is 0 Å². The van der Waals surface area contributed by atoms with Gasteiger partial charge in [-0.25, -0.2) is 0 Å². The fourth-order valence-electron chi connectivity index (χ4n) is 2.06. The van der Waals surface area contributed by atoms with Crippen LogP contribution in [0.1, 0.15) is 11.1 Å². The molecule has 0 spiro atoms. The van der Waals surface area contributed by atoms with Gasteiger partial charge in [0.25, 0.3) is 10.1 Å². The van der Waals surface area contributed by atoms with Gasteiger partial charge in [0.1, 0.15) is 4.90 Å². The summed E-state index contributed by atoms with van der Waals surface area (Å²) in [6.07, 6.45) is 0. The second kappa shape index (κ2) is 6.73. The van der Waals surface area contributed by atoms with E-state index >= 15 is 0 Å². The highest BCUT2D eigenvalue weighted by molar-refractivity contribution is 7.86. The van der Waals surface area contributed by atoms with Crippen LogP contribution < -0.4 is 0 Å². The minimum Gasteiger partial charge on any atom is -0.282 e. The van der Waals surface area contributed by atoms with Crippen LogP contribution in [-0.2, 0) is 10.1 Å². The Balaban J connectivity index is 0.000000188. The molecule has 0 saturated carbocycles. The van der Waals surface area contributed by atoms with Crippen molar-refractivity contribution >= 4 is 20.9 Å². The molecule has 0 aromatic heterocycles. The van der Waals surface area contributed by atoms with Gasteiger partial charge in [-0.2, -0.15) is 8.42 Å². The van der Waals surface area contributed by atoms with E-state index in [0.717, 1.165) is 5.39 Å². The van der Waals surface area contributed by atoms with Gasteiger partial charge in [0.2, 0.25) is 0 Å². The minimum absolute atomic E-state index is 0.0457. The second-order valence-electron chi connectivity index (χ2n) is 5.11. The van der Waals surface area contributed by atoms with Crippen LogP contribution in [0.5, 0.6) is 0 Å². The van der Waals surface area contributed by atoms with Crippen molar-refractivity contribution in [2.45, 2.75) is 18.7 Å². The lowest BCUT2D eigenvalue weighted by Crippen LogP contribution is -1.98. The van der Waals surface area contributed by atoms with Crippen LogP contribution in [0, 0.1) is 13.8 Å². The Bertz CT molecular complexity index is 840. The number of fused-ring (bicyclic) bond motifs is 1. The van der Waals surface area contributed by atoms with Crippen molar-refractivity contribution in [2.24, 2.45) is 0 Å². The monoisotopic (exact) mass is 314 g/mol. The van der Waals surface area contributed by atoms with Crippen LogP contribution in [0.15, 0.2) is 71.6 Å². The molecule has 4 heteroatoms. The molecule has 3 nitrogen and oxygen atoms in total. The molecule has 3 rings (SSSR count). The fourth-order valence-corrected chi connectivity index (χ4v) is 2.77. The van der Waals surface area contributed by atoms with E-state index in [1.165, 1.54) is 17.2 Å². The van der Waals surface area contributed by atoms with E-state index in [9.17, 15) is 8.42 Å². The summed E-state index contributed by atoms with van der Waals surface area (Å²) in [5.74, 6) is 0. The van der Waals surface area contributed by atoms with E-state index in [1.54, 1.807) is 30.3 Å². The standard InChI is InChI=1S/C10H8O3S.C8H10/c11-14(12,13)10-7-3-5-8-4-1-2-6-9(8)10;1-7-3-5-8(2)6-4-7/h1-7H,(H,11,12,13);3-6H,1-2H3. The van der Waals surface area contributed by atoms with E-state index in [2.05, 4.69) is 38.1 Å². The normalized spacial score (nSPS) is 10.9. The van der Waals surface area contributed by atoms with Crippen molar-refractivity contribution < 1.29 is 13.0 Å². The third-order valence-electron chi connectivity index (χ3n) is 3.25. The van der Waals surface area contributed by atoms with Crippen LogP contribution in [-0.4, -0.2) is 13.0 Å². The Morgan fingerprint density at radius 1 is 0.727 bits per heavy atom. The molecule has 0 radical (unpaired) electrons. The number of hydrogen-bond acceptors (Lipinski definition) is 2. The van der Waals surface area contributed by atoms with Crippen molar-refractivity contribution in [3.05, 3.63) is 77.9 Å². The Labute approximate surface area is 131 Å². The number of benzene rings is 3. The van der Waals surface area contributed by atoms with Crippen molar-refractivity contribution in [1.82, 2.24) is 0 Å². The minimum atomic E-state index is -4.13. The van der Waals surface area contributed by atoms with Gasteiger partial charge < -0.3 is 0 Å².